The number of aliphatic hydroxyl groups is 2. The Kier molecular flexibility index (Phi) is 11.9. The zero-order valence-corrected chi connectivity index (χ0v) is 29.1. The van der Waals surface area contributed by atoms with Crippen LogP contribution in [0.4, 0.5) is 11.4 Å². The highest BCUT2D eigenvalue weighted by Crippen LogP contribution is 2.36. The molecule has 0 radical (unpaired) electrons. The zero-order chi connectivity index (χ0) is 34.2. The molecule has 0 saturated carbocycles. The molecule has 2 heterocycles. The molecule has 8 nitrogen and oxygen atoms in total. The normalized spacial score (nSPS) is 17.7. The van der Waals surface area contributed by atoms with Crippen molar-refractivity contribution in [3.05, 3.63) is 118 Å². The quantitative estimate of drug-likeness (QED) is 0.195. The van der Waals surface area contributed by atoms with Gasteiger partial charge in [-0.15, -0.1) is 0 Å². The zero-order valence-electron chi connectivity index (χ0n) is 26.0. The summed E-state index contributed by atoms with van der Waals surface area (Å²) < 4.78 is 62.0. The fourth-order valence-electron chi connectivity index (χ4n) is 5.55. The van der Waals surface area contributed by atoms with Crippen molar-refractivity contribution >= 4 is 67.3 Å². The maximum absolute atomic E-state index is 13.1. The second-order valence-corrected chi connectivity index (χ2v) is 15.0. The molecule has 6 rings (SSSR count). The van der Waals surface area contributed by atoms with Gasteiger partial charge in [0.25, 0.3) is 20.0 Å². The van der Waals surface area contributed by atoms with Gasteiger partial charge in [-0.2, -0.15) is 12.6 Å². The van der Waals surface area contributed by atoms with E-state index in [-0.39, 0.29) is 23.0 Å². The van der Waals surface area contributed by atoms with E-state index >= 15 is 0 Å². The Morgan fingerprint density at radius 3 is 1.41 bits per heavy atom. The average Bonchev–Trinajstić information content (AvgIpc) is 3.09. The van der Waals surface area contributed by atoms with Crippen LogP contribution in [0.25, 0.3) is 0 Å². The van der Waals surface area contributed by atoms with E-state index in [0.717, 1.165) is 24.0 Å². The molecule has 0 fully saturated rings. The lowest BCUT2D eigenvalue weighted by atomic mass is 9.99. The summed E-state index contributed by atoms with van der Waals surface area (Å²) in [5.74, 6) is 0. The van der Waals surface area contributed by atoms with Crippen LogP contribution in [0.15, 0.2) is 107 Å². The highest BCUT2D eigenvalue weighted by molar-refractivity contribution is 7.93. The second kappa shape index (κ2) is 15.9. The molecule has 46 heavy (non-hydrogen) atoms. The molecule has 0 spiro atoms. The first-order valence-electron chi connectivity index (χ1n) is 14.9. The molecular formula is C33H36Cl2N2O6S3. The molecule has 13 heteroatoms. The van der Waals surface area contributed by atoms with E-state index in [1.807, 2.05) is 36.4 Å². The number of aliphatic hydroxyl groups excluding tert-OH is 2. The Bertz CT molecular complexity index is 1850. The molecule has 2 N–H and O–H groups in total. The predicted octanol–water partition coefficient (Wildman–Crippen LogP) is 6.23. The van der Waals surface area contributed by atoms with Crippen LogP contribution in [0, 0.1) is 0 Å². The summed E-state index contributed by atoms with van der Waals surface area (Å²) in [6.45, 7) is -0.178. The van der Waals surface area contributed by atoms with Gasteiger partial charge in [0.15, 0.2) is 0 Å². The van der Waals surface area contributed by atoms with E-state index in [0.29, 0.717) is 34.3 Å². The number of anilines is 2. The SMILES string of the molecule is CS.O=S(=O)(c1ccc(Cl)cc1)N1c2ccccc2CCC1CO.[3H]OCC1CCc2ccccc2N1S(=O)(=O)c1ccc(Cl)cc1. The van der Waals surface area contributed by atoms with Crippen LogP contribution in [0.5, 0.6) is 0 Å². The van der Waals surface area contributed by atoms with E-state index in [9.17, 15) is 21.9 Å². The standard InChI is InChI=1S/2C16H16ClNO3S.CH4S/c2*17-13-6-9-15(10-7-13)22(20,21)18-14(11-19)8-5-12-3-1-2-4-16(12)18;1-2/h2*1-4,6-7,9-10,14,19H,5,8,11H2;2H,1H3/i19T;;. The fourth-order valence-corrected chi connectivity index (χ4v) is 9.22. The maximum atomic E-state index is 13.1. The van der Waals surface area contributed by atoms with Gasteiger partial charge in [0.05, 0.1) is 46.5 Å². The minimum absolute atomic E-state index is 0.0289. The van der Waals surface area contributed by atoms with Crippen LogP contribution in [0.1, 0.15) is 24.0 Å². The van der Waals surface area contributed by atoms with Gasteiger partial charge < -0.3 is 10.2 Å². The molecule has 4 aromatic carbocycles. The summed E-state index contributed by atoms with van der Waals surface area (Å²) >= 11 is 15.2. The van der Waals surface area contributed by atoms with Gasteiger partial charge in [-0.1, -0.05) is 59.6 Å². The molecule has 0 aromatic heterocycles. The summed E-state index contributed by atoms with van der Waals surface area (Å²) in [5.41, 5.74) is 3.24. The van der Waals surface area contributed by atoms with Crippen molar-refractivity contribution < 1.29 is 27.1 Å². The van der Waals surface area contributed by atoms with Crippen molar-refractivity contribution in [2.75, 3.05) is 28.1 Å². The lowest BCUT2D eigenvalue weighted by Crippen LogP contribution is -2.45. The van der Waals surface area contributed by atoms with Crippen LogP contribution in [0.2, 0.25) is 10.0 Å². The second-order valence-electron chi connectivity index (χ2n) is 10.5. The number of para-hydroxylation sites is 2. The van der Waals surface area contributed by atoms with Crippen molar-refractivity contribution in [1.82, 2.24) is 0 Å². The smallest absolute Gasteiger partial charge is 0.264 e. The first kappa shape index (κ1) is 34.6. The van der Waals surface area contributed by atoms with Gasteiger partial charge in [0.2, 0.25) is 1.43 Å². The molecule has 2 aliphatic heterocycles. The highest BCUT2D eigenvalue weighted by atomic mass is 35.5. The van der Waals surface area contributed by atoms with Crippen LogP contribution in [-0.4, -0.2) is 60.0 Å². The van der Waals surface area contributed by atoms with Gasteiger partial charge in [0.1, 0.15) is 0 Å². The van der Waals surface area contributed by atoms with Crippen molar-refractivity contribution in [3.8, 4) is 0 Å². The molecule has 0 saturated heterocycles. The number of rotatable bonds is 7. The maximum Gasteiger partial charge on any atom is 0.264 e. The van der Waals surface area contributed by atoms with Crippen molar-refractivity contribution in [1.29, 1.82) is 1.43 Å². The first-order chi connectivity index (χ1) is 22.6. The van der Waals surface area contributed by atoms with Crippen LogP contribution >= 0.6 is 35.8 Å². The van der Waals surface area contributed by atoms with Gasteiger partial charge in [-0.05, 0) is 104 Å². The number of aryl methyl sites for hydroxylation is 2. The molecular weight excluding hydrogens is 687 g/mol. The molecule has 0 amide bonds. The molecule has 2 atom stereocenters. The van der Waals surface area contributed by atoms with E-state index in [2.05, 4.69) is 17.7 Å². The summed E-state index contributed by atoms with van der Waals surface area (Å²) in [7, 11) is -7.49. The van der Waals surface area contributed by atoms with Crippen LogP contribution in [-0.2, 0) is 32.9 Å². The van der Waals surface area contributed by atoms with E-state index < -0.39 is 32.1 Å². The summed E-state index contributed by atoms with van der Waals surface area (Å²) in [5, 5.41) is 15.1. The topological polar surface area (TPSA) is 115 Å². The highest BCUT2D eigenvalue weighted by Gasteiger charge is 2.36. The number of nitrogens with zero attached hydrogens (tertiary/aromatic N) is 2. The van der Waals surface area contributed by atoms with Gasteiger partial charge >= 0.3 is 0 Å². The number of hydrogen-bond acceptors (Lipinski definition) is 7. The van der Waals surface area contributed by atoms with Crippen LogP contribution < -0.4 is 8.61 Å². The third-order valence-electron chi connectivity index (χ3n) is 7.76. The number of halogens is 2. The third kappa shape index (κ3) is 7.68. The number of thiol groups is 1. The third-order valence-corrected chi connectivity index (χ3v) is 12.0. The lowest BCUT2D eigenvalue weighted by molar-refractivity contribution is 0.258. The first-order valence-corrected chi connectivity index (χ1v) is 19.0. The Hall–Kier alpha value is -2.77. The molecule has 2 unspecified atom stereocenters. The summed E-state index contributed by atoms with van der Waals surface area (Å²) in [6, 6.07) is 26.2. The minimum Gasteiger partial charge on any atom is -0.394 e. The molecule has 0 aliphatic carbocycles. The van der Waals surface area contributed by atoms with Gasteiger partial charge in [-0.25, -0.2) is 16.8 Å². The van der Waals surface area contributed by atoms with Gasteiger partial charge in [-0.3, -0.25) is 8.61 Å². The monoisotopic (exact) mass is 724 g/mol. The fraction of sp³-hybridized carbons (Fsp3) is 0.273. The molecule has 2 aliphatic rings. The summed E-state index contributed by atoms with van der Waals surface area (Å²) in [4.78, 5) is 0.348. The molecule has 0 bridgehead atoms. The lowest BCUT2D eigenvalue weighted by Gasteiger charge is -2.36. The number of hydrogen-bond donors (Lipinski definition) is 3. The van der Waals surface area contributed by atoms with Crippen molar-refractivity contribution in [2.45, 2.75) is 47.6 Å². The van der Waals surface area contributed by atoms with Crippen molar-refractivity contribution in [2.24, 2.45) is 0 Å². The van der Waals surface area contributed by atoms with E-state index in [4.69, 9.17) is 24.6 Å². The van der Waals surface area contributed by atoms with E-state index in [1.54, 1.807) is 42.7 Å². The Labute approximate surface area is 288 Å². The average molecular weight is 726 g/mol. The largest absolute Gasteiger partial charge is 0.394 e. The Morgan fingerprint density at radius 2 is 1.04 bits per heavy atom. The number of sulfonamides is 2. The molecule has 246 valence electrons. The Balaban J connectivity index is 0.000000202. The number of fused-ring (bicyclic) bond motifs is 2. The van der Waals surface area contributed by atoms with Crippen LogP contribution in [0.3, 0.4) is 0 Å². The minimum atomic E-state index is -3.75. The predicted molar refractivity (Wildman–Crippen MR) is 188 cm³/mol. The van der Waals surface area contributed by atoms with E-state index in [1.165, 1.54) is 32.9 Å². The van der Waals surface area contributed by atoms with Crippen molar-refractivity contribution in [3.63, 3.8) is 0 Å². The Morgan fingerprint density at radius 1 is 0.674 bits per heavy atom. The molecule has 4 aromatic rings. The summed E-state index contributed by atoms with van der Waals surface area (Å²) in [6.07, 6.45) is 4.42. The van der Waals surface area contributed by atoms with Gasteiger partial charge in [0, 0.05) is 10.0 Å². The number of benzene rings is 4.